The minimum atomic E-state index is -4.39. The molecule has 0 spiro atoms. The van der Waals surface area contributed by atoms with Crippen LogP contribution in [0.1, 0.15) is 155 Å². The van der Waals surface area contributed by atoms with E-state index in [4.69, 9.17) is 24.3 Å². The van der Waals surface area contributed by atoms with Gasteiger partial charge in [-0.05, 0) is 77.0 Å². The van der Waals surface area contributed by atoms with E-state index in [0.29, 0.717) is 12.8 Å². The maximum atomic E-state index is 12.5. The Kier molecular flexibility index (Phi) is 37.3. The van der Waals surface area contributed by atoms with Crippen molar-refractivity contribution in [3.05, 3.63) is 72.9 Å². The van der Waals surface area contributed by atoms with Crippen LogP contribution in [0.5, 0.6) is 0 Å². The molecule has 0 saturated heterocycles. The van der Waals surface area contributed by atoms with Gasteiger partial charge < -0.3 is 20.1 Å². The lowest BCUT2D eigenvalue weighted by atomic mass is 10.1. The van der Waals surface area contributed by atoms with Crippen molar-refractivity contribution >= 4 is 19.8 Å². The molecule has 0 saturated carbocycles. The fraction of sp³-hybridized carbons (Fsp3) is 0.674. The average Bonchev–Trinajstić information content (AvgIpc) is 3.14. The molecule has 10 heteroatoms. The Morgan fingerprint density at radius 1 is 0.585 bits per heavy atom. The highest BCUT2D eigenvalue weighted by molar-refractivity contribution is 7.47. The minimum Gasteiger partial charge on any atom is -0.462 e. The van der Waals surface area contributed by atoms with Gasteiger partial charge in [0.05, 0.1) is 13.2 Å². The summed E-state index contributed by atoms with van der Waals surface area (Å²) < 4.78 is 32.6. The fourth-order valence-electron chi connectivity index (χ4n) is 5.07. The Morgan fingerprint density at radius 3 is 1.62 bits per heavy atom. The molecule has 0 fully saturated rings. The van der Waals surface area contributed by atoms with Crippen LogP contribution in [0, 0.1) is 0 Å². The number of hydrogen-bond donors (Lipinski definition) is 2. The van der Waals surface area contributed by atoms with Crippen molar-refractivity contribution < 1.29 is 37.6 Å². The van der Waals surface area contributed by atoms with Crippen molar-refractivity contribution in [1.29, 1.82) is 0 Å². The van der Waals surface area contributed by atoms with Crippen LogP contribution in [0.15, 0.2) is 72.9 Å². The molecule has 0 aromatic carbocycles. The third kappa shape index (κ3) is 39.0. The van der Waals surface area contributed by atoms with Gasteiger partial charge in [0.1, 0.15) is 6.61 Å². The maximum Gasteiger partial charge on any atom is 0.472 e. The zero-order valence-electron chi connectivity index (χ0n) is 33.2. The van der Waals surface area contributed by atoms with Gasteiger partial charge in [0.25, 0.3) is 0 Å². The predicted molar refractivity (Wildman–Crippen MR) is 219 cm³/mol. The third-order valence-corrected chi connectivity index (χ3v) is 9.06. The lowest BCUT2D eigenvalue weighted by Gasteiger charge is -2.19. The molecule has 2 atom stereocenters. The van der Waals surface area contributed by atoms with Crippen LogP contribution in [0.4, 0.5) is 0 Å². The van der Waals surface area contributed by atoms with Crippen molar-refractivity contribution in [1.82, 2.24) is 0 Å². The first-order chi connectivity index (χ1) is 25.8. The number of allylic oxidation sites excluding steroid dienone is 12. The second-order valence-electron chi connectivity index (χ2n) is 13.1. The zero-order chi connectivity index (χ0) is 38.9. The molecule has 0 aliphatic carbocycles. The summed E-state index contributed by atoms with van der Waals surface area (Å²) in [6.45, 7) is 3.52. The van der Waals surface area contributed by atoms with Crippen molar-refractivity contribution in [2.24, 2.45) is 5.73 Å². The van der Waals surface area contributed by atoms with Crippen LogP contribution < -0.4 is 5.73 Å². The normalized spacial score (nSPS) is 14.1. The summed E-state index contributed by atoms with van der Waals surface area (Å²) in [6, 6.07) is 0. The smallest absolute Gasteiger partial charge is 0.462 e. The Morgan fingerprint density at radius 2 is 1.06 bits per heavy atom. The van der Waals surface area contributed by atoms with E-state index in [1.807, 2.05) is 6.08 Å². The van der Waals surface area contributed by atoms with Crippen LogP contribution in [-0.2, 0) is 32.7 Å². The summed E-state index contributed by atoms with van der Waals surface area (Å²) >= 11 is 0. The SMILES string of the molecule is CCC=CCC=CCC=CCC=CCC=CCCCC(=O)OC[C@H](COP(=O)(O)OCCN)OC(=O)CCCCCCCC=CCCCCCCCC. The summed E-state index contributed by atoms with van der Waals surface area (Å²) in [5, 5.41) is 0. The molecule has 0 aromatic heterocycles. The molecule has 304 valence electrons. The van der Waals surface area contributed by atoms with Gasteiger partial charge in [-0.3, -0.25) is 18.6 Å². The highest BCUT2D eigenvalue weighted by Gasteiger charge is 2.25. The summed E-state index contributed by atoms with van der Waals surface area (Å²) in [7, 11) is -4.39. The van der Waals surface area contributed by atoms with E-state index in [0.717, 1.165) is 70.6 Å². The van der Waals surface area contributed by atoms with Gasteiger partial charge in [-0.15, -0.1) is 0 Å². The Bertz CT molecular complexity index is 1100. The molecular formula is C43H74NO8P. The molecule has 53 heavy (non-hydrogen) atoms. The highest BCUT2D eigenvalue weighted by atomic mass is 31.2. The van der Waals surface area contributed by atoms with E-state index in [9.17, 15) is 19.0 Å². The monoisotopic (exact) mass is 764 g/mol. The standard InChI is InChI=1S/C43H74NO8P/c1-3-5-7-9-11-13-15-17-19-20-22-23-25-27-29-31-33-35-42(45)49-39-41(40-51-53(47,48)50-38-37-44)52-43(46)36-34-32-30-28-26-24-21-18-16-14-12-10-8-6-4-2/h5,7,11,13,17-19,21-23,27,29,41H,3-4,6,8-10,12,14-16,20,24-26,28,30-40,44H2,1-2H3,(H,47,48)/t41-/m1/s1. The number of rotatable bonds is 37. The average molecular weight is 764 g/mol. The number of phosphoric ester groups is 1. The van der Waals surface area contributed by atoms with Gasteiger partial charge in [-0.2, -0.15) is 0 Å². The summed E-state index contributed by atoms with van der Waals surface area (Å²) in [6.07, 6.45) is 46.5. The molecule has 3 N–H and O–H groups in total. The molecule has 9 nitrogen and oxygen atoms in total. The lowest BCUT2D eigenvalue weighted by molar-refractivity contribution is -0.161. The van der Waals surface area contributed by atoms with Crippen molar-refractivity contribution in [3.63, 3.8) is 0 Å². The quantitative estimate of drug-likeness (QED) is 0.0274. The number of esters is 2. The van der Waals surface area contributed by atoms with Crippen LogP contribution in [0.25, 0.3) is 0 Å². The van der Waals surface area contributed by atoms with Gasteiger partial charge in [0.15, 0.2) is 6.10 Å². The lowest BCUT2D eigenvalue weighted by Crippen LogP contribution is -2.29. The van der Waals surface area contributed by atoms with Crippen LogP contribution in [0.2, 0.25) is 0 Å². The molecule has 0 bridgehead atoms. The van der Waals surface area contributed by atoms with Gasteiger partial charge in [0.2, 0.25) is 0 Å². The number of phosphoric acid groups is 1. The Labute approximate surface area is 322 Å². The van der Waals surface area contributed by atoms with E-state index in [-0.39, 0.29) is 32.6 Å². The first-order valence-corrected chi connectivity index (χ1v) is 21.9. The van der Waals surface area contributed by atoms with Gasteiger partial charge in [0, 0.05) is 19.4 Å². The summed E-state index contributed by atoms with van der Waals surface area (Å²) in [4.78, 5) is 34.8. The molecule has 0 amide bonds. The molecular weight excluding hydrogens is 689 g/mol. The topological polar surface area (TPSA) is 134 Å². The second-order valence-corrected chi connectivity index (χ2v) is 14.6. The maximum absolute atomic E-state index is 12.5. The number of unbranched alkanes of at least 4 members (excludes halogenated alkanes) is 12. The van der Waals surface area contributed by atoms with Gasteiger partial charge in [-0.25, -0.2) is 4.57 Å². The number of nitrogens with two attached hydrogens (primary N) is 1. The fourth-order valence-corrected chi connectivity index (χ4v) is 5.84. The highest BCUT2D eigenvalue weighted by Crippen LogP contribution is 2.43. The predicted octanol–water partition coefficient (Wildman–Crippen LogP) is 11.5. The Hall–Kier alpha value is -2.55. The van der Waals surface area contributed by atoms with E-state index in [1.165, 1.54) is 44.9 Å². The first-order valence-electron chi connectivity index (χ1n) is 20.4. The largest absolute Gasteiger partial charge is 0.472 e. The zero-order valence-corrected chi connectivity index (χ0v) is 34.1. The Balaban J connectivity index is 4.31. The molecule has 0 rings (SSSR count). The molecule has 0 aromatic rings. The number of hydrogen-bond acceptors (Lipinski definition) is 8. The molecule has 0 aliphatic heterocycles. The number of carbonyl (C=O) groups is 2. The van der Waals surface area contributed by atoms with E-state index < -0.39 is 32.5 Å². The van der Waals surface area contributed by atoms with Crippen molar-refractivity contribution in [2.45, 2.75) is 161 Å². The minimum absolute atomic E-state index is 0.0412. The molecule has 1 unspecified atom stereocenters. The summed E-state index contributed by atoms with van der Waals surface area (Å²) in [5.41, 5.74) is 5.33. The van der Waals surface area contributed by atoms with Crippen molar-refractivity contribution in [3.8, 4) is 0 Å². The van der Waals surface area contributed by atoms with E-state index in [1.54, 1.807) is 0 Å². The molecule has 0 aliphatic rings. The van der Waals surface area contributed by atoms with Gasteiger partial charge in [-0.1, -0.05) is 138 Å². The van der Waals surface area contributed by atoms with Crippen LogP contribution in [0.3, 0.4) is 0 Å². The first kappa shape index (κ1) is 50.5. The third-order valence-electron chi connectivity index (χ3n) is 8.08. The summed E-state index contributed by atoms with van der Waals surface area (Å²) in [5.74, 6) is -0.913. The van der Waals surface area contributed by atoms with Crippen LogP contribution >= 0.6 is 7.82 Å². The van der Waals surface area contributed by atoms with Gasteiger partial charge >= 0.3 is 19.8 Å². The van der Waals surface area contributed by atoms with E-state index >= 15 is 0 Å². The van der Waals surface area contributed by atoms with E-state index in [2.05, 4.69) is 80.7 Å². The molecule has 0 heterocycles. The number of ether oxygens (including phenoxy) is 2. The van der Waals surface area contributed by atoms with Crippen molar-refractivity contribution in [2.75, 3.05) is 26.4 Å². The number of carbonyl (C=O) groups excluding carboxylic acids is 2. The molecule has 0 radical (unpaired) electrons. The van der Waals surface area contributed by atoms with Crippen LogP contribution in [-0.4, -0.2) is 49.3 Å². The second kappa shape index (κ2) is 39.2.